The van der Waals surface area contributed by atoms with E-state index < -0.39 is 0 Å². The summed E-state index contributed by atoms with van der Waals surface area (Å²) in [6.07, 6.45) is 4.13. The maximum atomic E-state index is 12.1. The molecule has 104 valence electrons. The third-order valence-corrected chi connectivity index (χ3v) is 4.54. The highest BCUT2D eigenvalue weighted by Gasteiger charge is 2.19. The van der Waals surface area contributed by atoms with E-state index in [2.05, 4.69) is 43.2 Å². The summed E-state index contributed by atoms with van der Waals surface area (Å²) >= 11 is 4.86. The van der Waals surface area contributed by atoms with Crippen LogP contribution < -0.4 is 5.32 Å². The van der Waals surface area contributed by atoms with Crippen LogP contribution in [0.1, 0.15) is 20.9 Å². The zero-order valence-corrected chi connectivity index (χ0v) is 13.3. The second-order valence-electron chi connectivity index (χ2n) is 4.72. The van der Waals surface area contributed by atoms with E-state index in [1.54, 1.807) is 29.8 Å². The number of aromatic nitrogens is 2. The summed E-state index contributed by atoms with van der Waals surface area (Å²) in [6, 6.07) is 1.74. The number of pyridine rings is 1. The van der Waals surface area contributed by atoms with Crippen molar-refractivity contribution >= 4 is 38.3 Å². The Balaban J connectivity index is 1.77. The average molecular weight is 353 g/mol. The lowest BCUT2D eigenvalue weighted by Crippen LogP contribution is -2.25. The summed E-state index contributed by atoms with van der Waals surface area (Å²) in [5.74, 6) is -0.182. The van der Waals surface area contributed by atoms with Gasteiger partial charge in [-0.2, -0.15) is 0 Å². The van der Waals surface area contributed by atoms with Crippen molar-refractivity contribution in [1.29, 1.82) is 0 Å². The first kappa shape index (κ1) is 13.7. The van der Waals surface area contributed by atoms with Crippen LogP contribution in [0.4, 0.5) is 5.13 Å². The summed E-state index contributed by atoms with van der Waals surface area (Å²) in [6.45, 7) is 1.92. The Bertz CT molecular complexity index is 658. The molecule has 0 saturated carbocycles. The standard InChI is InChI=1S/C13H13BrN4OS/c1-18-3-2-10-11(7-18)20-13(16-10)17-12(19)8-4-9(14)6-15-5-8/h4-6H,2-3,7H2,1H3,(H,16,17,19). The van der Waals surface area contributed by atoms with Crippen LogP contribution >= 0.6 is 27.3 Å². The SMILES string of the molecule is CN1CCc2nc(NC(=O)c3cncc(Br)c3)sc2C1. The summed E-state index contributed by atoms with van der Waals surface area (Å²) < 4.78 is 0.783. The molecule has 2 aromatic heterocycles. The van der Waals surface area contributed by atoms with Gasteiger partial charge in [0.25, 0.3) is 5.91 Å². The molecule has 0 aliphatic carbocycles. The number of hydrogen-bond donors (Lipinski definition) is 1. The number of likely N-dealkylation sites (N-methyl/N-ethyl adjacent to an activating group) is 1. The van der Waals surface area contributed by atoms with Crippen molar-refractivity contribution in [2.75, 3.05) is 18.9 Å². The molecule has 1 amide bonds. The van der Waals surface area contributed by atoms with Crippen molar-refractivity contribution in [3.8, 4) is 0 Å². The highest BCUT2D eigenvalue weighted by atomic mass is 79.9. The van der Waals surface area contributed by atoms with Gasteiger partial charge in [-0.15, -0.1) is 11.3 Å². The molecule has 0 fully saturated rings. The van der Waals surface area contributed by atoms with Gasteiger partial charge in [0, 0.05) is 41.3 Å². The third-order valence-electron chi connectivity index (χ3n) is 3.11. The minimum Gasteiger partial charge on any atom is -0.301 e. The van der Waals surface area contributed by atoms with Crippen LogP contribution in [0.3, 0.4) is 0 Å². The molecule has 0 saturated heterocycles. The maximum Gasteiger partial charge on any atom is 0.259 e. The van der Waals surface area contributed by atoms with E-state index in [0.29, 0.717) is 10.7 Å². The van der Waals surface area contributed by atoms with Crippen molar-refractivity contribution in [2.24, 2.45) is 0 Å². The molecule has 1 aliphatic rings. The number of halogens is 1. The van der Waals surface area contributed by atoms with E-state index in [1.807, 2.05) is 0 Å². The summed E-state index contributed by atoms with van der Waals surface area (Å²) in [5, 5.41) is 3.51. The van der Waals surface area contributed by atoms with E-state index in [1.165, 1.54) is 4.88 Å². The number of anilines is 1. The van der Waals surface area contributed by atoms with Gasteiger partial charge in [-0.25, -0.2) is 4.98 Å². The molecular weight excluding hydrogens is 340 g/mol. The van der Waals surface area contributed by atoms with Crippen molar-refractivity contribution in [1.82, 2.24) is 14.9 Å². The molecule has 0 aromatic carbocycles. The number of carbonyl (C=O) groups excluding carboxylic acids is 1. The normalized spacial score (nSPS) is 14.9. The molecule has 5 nitrogen and oxygen atoms in total. The van der Waals surface area contributed by atoms with Crippen molar-refractivity contribution in [3.63, 3.8) is 0 Å². The first-order valence-electron chi connectivity index (χ1n) is 6.21. The van der Waals surface area contributed by atoms with Gasteiger partial charge in [-0.3, -0.25) is 15.1 Å². The number of amides is 1. The molecule has 0 spiro atoms. The van der Waals surface area contributed by atoms with Gasteiger partial charge in [-0.1, -0.05) is 0 Å². The predicted octanol–water partition coefficient (Wildman–Crippen LogP) is 2.54. The monoisotopic (exact) mass is 352 g/mol. The number of nitrogens with zero attached hydrogens (tertiary/aromatic N) is 3. The number of thiazole rings is 1. The minimum atomic E-state index is -0.182. The Morgan fingerprint density at radius 3 is 3.15 bits per heavy atom. The van der Waals surface area contributed by atoms with Gasteiger partial charge in [0.05, 0.1) is 11.3 Å². The van der Waals surface area contributed by atoms with Crippen LogP contribution in [-0.2, 0) is 13.0 Å². The Morgan fingerprint density at radius 1 is 1.50 bits per heavy atom. The smallest absolute Gasteiger partial charge is 0.259 e. The van der Waals surface area contributed by atoms with Gasteiger partial charge >= 0.3 is 0 Å². The Kier molecular flexibility index (Phi) is 3.82. The van der Waals surface area contributed by atoms with E-state index in [-0.39, 0.29) is 5.91 Å². The van der Waals surface area contributed by atoms with Gasteiger partial charge in [0.15, 0.2) is 5.13 Å². The lowest BCUT2D eigenvalue weighted by molar-refractivity contribution is 0.102. The molecular formula is C13H13BrN4OS. The Hall–Kier alpha value is -1.31. The summed E-state index contributed by atoms with van der Waals surface area (Å²) in [7, 11) is 2.09. The van der Waals surface area contributed by atoms with Crippen LogP contribution in [0.25, 0.3) is 0 Å². The van der Waals surface area contributed by atoms with Gasteiger partial charge in [0.1, 0.15) is 0 Å². The first-order chi connectivity index (χ1) is 9.61. The fourth-order valence-electron chi connectivity index (χ4n) is 2.08. The first-order valence-corrected chi connectivity index (χ1v) is 7.82. The molecule has 20 heavy (non-hydrogen) atoms. The maximum absolute atomic E-state index is 12.1. The highest BCUT2D eigenvalue weighted by Crippen LogP contribution is 2.28. The summed E-state index contributed by atoms with van der Waals surface area (Å²) in [4.78, 5) is 24.1. The number of carbonyl (C=O) groups is 1. The summed E-state index contributed by atoms with van der Waals surface area (Å²) in [5.41, 5.74) is 1.63. The van der Waals surface area contributed by atoms with Crippen molar-refractivity contribution in [3.05, 3.63) is 39.1 Å². The molecule has 3 rings (SSSR count). The molecule has 0 radical (unpaired) electrons. The zero-order valence-electron chi connectivity index (χ0n) is 10.9. The molecule has 3 heterocycles. The van der Waals surface area contributed by atoms with Crippen molar-refractivity contribution < 1.29 is 4.79 Å². The predicted molar refractivity (Wildman–Crippen MR) is 82.0 cm³/mol. The van der Waals surface area contributed by atoms with Gasteiger partial charge in [0.2, 0.25) is 0 Å². The molecule has 1 N–H and O–H groups in total. The molecule has 0 unspecified atom stereocenters. The second kappa shape index (κ2) is 5.59. The largest absolute Gasteiger partial charge is 0.301 e. The molecule has 0 bridgehead atoms. The van der Waals surface area contributed by atoms with Crippen LogP contribution in [0.15, 0.2) is 22.9 Å². The van der Waals surface area contributed by atoms with E-state index in [0.717, 1.165) is 29.7 Å². The van der Waals surface area contributed by atoms with Gasteiger partial charge < -0.3 is 4.90 Å². The molecule has 2 aromatic rings. The number of nitrogens with one attached hydrogen (secondary N) is 1. The number of rotatable bonds is 2. The van der Waals surface area contributed by atoms with Crippen LogP contribution in [0.5, 0.6) is 0 Å². The van der Waals surface area contributed by atoms with Gasteiger partial charge in [-0.05, 0) is 29.0 Å². The van der Waals surface area contributed by atoms with Crippen LogP contribution in [-0.4, -0.2) is 34.4 Å². The fourth-order valence-corrected chi connectivity index (χ4v) is 3.53. The molecule has 1 aliphatic heterocycles. The Labute approximate surface area is 129 Å². The van der Waals surface area contributed by atoms with E-state index >= 15 is 0 Å². The average Bonchev–Trinajstić information content (AvgIpc) is 2.80. The van der Waals surface area contributed by atoms with E-state index in [4.69, 9.17) is 0 Å². The highest BCUT2D eigenvalue weighted by molar-refractivity contribution is 9.10. The lowest BCUT2D eigenvalue weighted by atomic mass is 10.2. The quantitative estimate of drug-likeness (QED) is 0.902. The zero-order chi connectivity index (χ0) is 14.1. The fraction of sp³-hybridized carbons (Fsp3) is 0.308. The molecule has 0 atom stereocenters. The Morgan fingerprint density at radius 2 is 2.35 bits per heavy atom. The van der Waals surface area contributed by atoms with Crippen LogP contribution in [0.2, 0.25) is 0 Å². The minimum absolute atomic E-state index is 0.182. The lowest BCUT2D eigenvalue weighted by Gasteiger charge is -2.20. The number of hydrogen-bond acceptors (Lipinski definition) is 5. The van der Waals surface area contributed by atoms with Crippen molar-refractivity contribution in [2.45, 2.75) is 13.0 Å². The topological polar surface area (TPSA) is 58.1 Å². The third kappa shape index (κ3) is 2.89. The second-order valence-corrected chi connectivity index (χ2v) is 6.72. The molecule has 7 heteroatoms. The van der Waals surface area contributed by atoms with Crippen LogP contribution in [0, 0.1) is 0 Å². The number of fused-ring (bicyclic) bond motifs is 1. The van der Waals surface area contributed by atoms with E-state index in [9.17, 15) is 4.79 Å².